The zero-order chi connectivity index (χ0) is 12.9. The van der Waals surface area contributed by atoms with Gasteiger partial charge in [0.1, 0.15) is 0 Å². The number of H-pyrrole nitrogens is 1. The van der Waals surface area contributed by atoms with E-state index in [9.17, 15) is 0 Å². The fraction of sp³-hybridized carbons (Fsp3) is 0. The van der Waals surface area contributed by atoms with Crippen LogP contribution in [0.4, 0.5) is 5.95 Å². The molecule has 17 heavy (non-hydrogen) atoms. The molecule has 2 rings (SSSR count). The molecular formula is C9H11N3O4S. The van der Waals surface area contributed by atoms with E-state index in [-0.39, 0.29) is 0 Å². The highest BCUT2D eigenvalue weighted by Crippen LogP contribution is 2.16. The van der Waals surface area contributed by atoms with Crippen molar-refractivity contribution in [1.29, 1.82) is 0 Å². The molecule has 0 bridgehead atoms. The van der Waals surface area contributed by atoms with Crippen molar-refractivity contribution in [2.75, 3.05) is 5.73 Å². The van der Waals surface area contributed by atoms with Gasteiger partial charge < -0.3 is 10.7 Å². The lowest BCUT2D eigenvalue weighted by Crippen LogP contribution is -1.89. The van der Waals surface area contributed by atoms with Crippen molar-refractivity contribution in [3.05, 3.63) is 36.5 Å². The number of imidazole rings is 1. The van der Waals surface area contributed by atoms with Crippen LogP contribution < -0.4 is 5.73 Å². The van der Waals surface area contributed by atoms with Crippen molar-refractivity contribution in [2.45, 2.75) is 0 Å². The Bertz CT molecular complexity index is 557. The number of nitrogen functional groups attached to an aromatic ring is 1. The monoisotopic (exact) mass is 257 g/mol. The van der Waals surface area contributed by atoms with Gasteiger partial charge in [0.25, 0.3) is 0 Å². The lowest BCUT2D eigenvalue weighted by atomic mass is 10.2. The molecule has 0 radical (unpaired) electrons. The van der Waals surface area contributed by atoms with E-state index < -0.39 is 10.4 Å². The Morgan fingerprint density at radius 1 is 1.18 bits per heavy atom. The van der Waals surface area contributed by atoms with Crippen LogP contribution in [-0.4, -0.2) is 27.5 Å². The van der Waals surface area contributed by atoms with Crippen LogP contribution in [0.15, 0.2) is 36.5 Å². The maximum Gasteiger partial charge on any atom is 0.394 e. The molecule has 0 unspecified atom stereocenters. The Balaban J connectivity index is 0.000000249. The fourth-order valence-electron chi connectivity index (χ4n) is 1.10. The summed E-state index contributed by atoms with van der Waals surface area (Å²) in [6.45, 7) is 0. The molecule has 1 aromatic carbocycles. The molecule has 8 heteroatoms. The van der Waals surface area contributed by atoms with Crippen molar-refractivity contribution in [2.24, 2.45) is 0 Å². The molecule has 1 aromatic heterocycles. The first kappa shape index (κ1) is 13.2. The highest BCUT2D eigenvalue weighted by Gasteiger charge is 1.98. The van der Waals surface area contributed by atoms with E-state index in [0.717, 1.165) is 11.3 Å². The lowest BCUT2D eigenvalue weighted by Gasteiger charge is -1.93. The lowest BCUT2D eigenvalue weighted by molar-refractivity contribution is 0.381. The van der Waals surface area contributed by atoms with E-state index in [1.54, 1.807) is 6.20 Å². The molecular weight excluding hydrogens is 246 g/mol. The summed E-state index contributed by atoms with van der Waals surface area (Å²) in [6.07, 6.45) is 1.73. The molecule has 0 aliphatic rings. The summed E-state index contributed by atoms with van der Waals surface area (Å²) in [5, 5.41) is 0. The maximum atomic E-state index is 8.74. The van der Waals surface area contributed by atoms with Crippen molar-refractivity contribution in [3.8, 4) is 11.3 Å². The minimum absolute atomic E-state index is 0.453. The molecule has 0 atom stereocenters. The number of anilines is 1. The topological polar surface area (TPSA) is 129 Å². The number of hydrogen-bond donors (Lipinski definition) is 4. The summed E-state index contributed by atoms with van der Waals surface area (Å²) in [4.78, 5) is 6.87. The summed E-state index contributed by atoms with van der Waals surface area (Å²) < 4.78 is 31.6. The van der Waals surface area contributed by atoms with Crippen LogP contribution in [0.2, 0.25) is 0 Å². The third-order valence-corrected chi connectivity index (χ3v) is 1.68. The van der Waals surface area contributed by atoms with Gasteiger partial charge in [-0.2, -0.15) is 8.42 Å². The molecule has 0 saturated carbocycles. The van der Waals surface area contributed by atoms with Crippen LogP contribution in [0.25, 0.3) is 11.3 Å². The van der Waals surface area contributed by atoms with E-state index in [1.807, 2.05) is 30.3 Å². The average molecular weight is 257 g/mol. The van der Waals surface area contributed by atoms with Gasteiger partial charge in [0.05, 0.1) is 11.9 Å². The average Bonchev–Trinajstić information content (AvgIpc) is 2.64. The highest BCUT2D eigenvalue weighted by atomic mass is 32.3. The van der Waals surface area contributed by atoms with E-state index in [1.165, 1.54) is 0 Å². The van der Waals surface area contributed by atoms with Gasteiger partial charge >= 0.3 is 10.4 Å². The standard InChI is InChI=1S/C9H9N3.H2O4S/c10-9-11-6-8(12-9)7-4-2-1-3-5-7;1-5(2,3)4/h1-6H,(H3,10,11,12);(H2,1,2,3,4). The molecule has 0 amide bonds. The number of nitrogens with one attached hydrogen (secondary N) is 1. The Morgan fingerprint density at radius 3 is 2.12 bits per heavy atom. The Morgan fingerprint density at radius 2 is 1.71 bits per heavy atom. The van der Waals surface area contributed by atoms with Crippen molar-refractivity contribution in [1.82, 2.24) is 9.97 Å². The van der Waals surface area contributed by atoms with Crippen LogP contribution in [-0.2, 0) is 10.4 Å². The van der Waals surface area contributed by atoms with Crippen LogP contribution in [0.3, 0.4) is 0 Å². The normalized spacial score (nSPS) is 10.5. The minimum Gasteiger partial charge on any atom is -0.369 e. The van der Waals surface area contributed by atoms with Gasteiger partial charge in [0, 0.05) is 0 Å². The molecule has 0 aliphatic carbocycles. The fourth-order valence-corrected chi connectivity index (χ4v) is 1.10. The molecule has 0 aliphatic heterocycles. The van der Waals surface area contributed by atoms with Gasteiger partial charge in [0.15, 0.2) is 5.95 Å². The Labute approximate surface area is 97.9 Å². The molecule has 0 spiro atoms. The number of hydrogen-bond acceptors (Lipinski definition) is 4. The first-order chi connectivity index (χ1) is 7.86. The van der Waals surface area contributed by atoms with Gasteiger partial charge in [-0.3, -0.25) is 9.11 Å². The molecule has 7 nitrogen and oxygen atoms in total. The summed E-state index contributed by atoms with van der Waals surface area (Å²) in [6, 6.07) is 9.95. The van der Waals surface area contributed by atoms with Crippen LogP contribution in [0, 0.1) is 0 Å². The highest BCUT2D eigenvalue weighted by molar-refractivity contribution is 7.79. The minimum atomic E-state index is -4.67. The zero-order valence-corrected chi connectivity index (χ0v) is 9.42. The Kier molecular flexibility index (Phi) is 4.21. The summed E-state index contributed by atoms with van der Waals surface area (Å²) >= 11 is 0. The summed E-state index contributed by atoms with van der Waals surface area (Å²) in [7, 11) is -4.67. The number of nitrogens with zero attached hydrogens (tertiary/aromatic N) is 1. The SMILES string of the molecule is Nc1ncc(-c2ccccc2)[nH]1.O=S(=O)(O)O. The van der Waals surface area contributed by atoms with Gasteiger partial charge in [-0.1, -0.05) is 30.3 Å². The predicted molar refractivity (Wildman–Crippen MR) is 62.6 cm³/mol. The quantitative estimate of drug-likeness (QED) is 0.564. The molecule has 2 aromatic rings. The van der Waals surface area contributed by atoms with Crippen molar-refractivity contribution in [3.63, 3.8) is 0 Å². The molecule has 92 valence electrons. The summed E-state index contributed by atoms with van der Waals surface area (Å²) in [5.41, 5.74) is 7.50. The second kappa shape index (κ2) is 5.43. The third kappa shape index (κ3) is 5.66. The number of aromatic amines is 1. The van der Waals surface area contributed by atoms with Crippen molar-refractivity contribution >= 4 is 16.3 Å². The molecule has 1 heterocycles. The van der Waals surface area contributed by atoms with Crippen LogP contribution in [0.5, 0.6) is 0 Å². The van der Waals surface area contributed by atoms with Gasteiger partial charge in [-0.15, -0.1) is 0 Å². The number of nitrogens with two attached hydrogens (primary N) is 1. The van der Waals surface area contributed by atoms with Crippen LogP contribution >= 0.6 is 0 Å². The van der Waals surface area contributed by atoms with E-state index in [4.69, 9.17) is 23.3 Å². The maximum absolute atomic E-state index is 8.74. The van der Waals surface area contributed by atoms with Gasteiger partial charge in [0.2, 0.25) is 0 Å². The second-order valence-electron chi connectivity index (χ2n) is 3.00. The van der Waals surface area contributed by atoms with Gasteiger partial charge in [-0.05, 0) is 5.56 Å². The second-order valence-corrected chi connectivity index (χ2v) is 3.89. The number of rotatable bonds is 1. The number of benzene rings is 1. The first-order valence-corrected chi connectivity index (χ1v) is 5.82. The van der Waals surface area contributed by atoms with Gasteiger partial charge in [-0.25, -0.2) is 4.98 Å². The largest absolute Gasteiger partial charge is 0.394 e. The van der Waals surface area contributed by atoms with E-state index >= 15 is 0 Å². The van der Waals surface area contributed by atoms with Crippen LogP contribution in [0.1, 0.15) is 0 Å². The van der Waals surface area contributed by atoms with Crippen molar-refractivity contribution < 1.29 is 17.5 Å². The zero-order valence-electron chi connectivity index (χ0n) is 8.61. The number of aromatic nitrogens is 2. The molecule has 0 saturated heterocycles. The predicted octanol–water partition coefficient (Wildman–Crippen LogP) is 1.01. The van der Waals surface area contributed by atoms with E-state index in [0.29, 0.717) is 5.95 Å². The smallest absolute Gasteiger partial charge is 0.369 e. The Hall–Kier alpha value is -1.90. The molecule has 5 N–H and O–H groups in total. The third-order valence-electron chi connectivity index (χ3n) is 1.68. The summed E-state index contributed by atoms with van der Waals surface area (Å²) in [5.74, 6) is 0.453. The molecule has 0 fully saturated rings. The first-order valence-electron chi connectivity index (χ1n) is 4.42. The van der Waals surface area contributed by atoms with E-state index in [2.05, 4.69) is 9.97 Å².